The summed E-state index contributed by atoms with van der Waals surface area (Å²) < 4.78 is 12.9. The number of aromatic nitrogens is 8. The van der Waals surface area contributed by atoms with Gasteiger partial charge in [0.25, 0.3) is 0 Å². The van der Waals surface area contributed by atoms with Crippen molar-refractivity contribution in [2.45, 2.75) is 67.7 Å². The molecule has 20 rings (SSSR count). The molecule has 0 saturated heterocycles. The third kappa shape index (κ3) is 33.5. The zero-order chi connectivity index (χ0) is 91.0. The van der Waals surface area contributed by atoms with Gasteiger partial charge >= 0.3 is 0 Å². The van der Waals surface area contributed by atoms with Gasteiger partial charge in [0, 0.05) is 130 Å². The molecule has 12 aromatic carbocycles. The van der Waals surface area contributed by atoms with Gasteiger partial charge in [-0.15, -0.1) is 287 Å². The first-order valence-electron chi connectivity index (χ1n) is 43.5. The predicted octanol–water partition coefficient (Wildman–Crippen LogP) is 30.4. The van der Waals surface area contributed by atoms with E-state index in [-0.39, 0.29) is 86.2 Å². The van der Waals surface area contributed by atoms with E-state index in [4.69, 9.17) is 0 Å². The van der Waals surface area contributed by atoms with Crippen molar-refractivity contribution in [3.8, 4) is 135 Å². The van der Waals surface area contributed by atoms with E-state index < -0.39 is 0 Å². The molecule has 20 aromatic rings. The Morgan fingerprint density at radius 3 is 0.570 bits per heavy atom. The number of halogens is 1. The van der Waals surface area contributed by atoms with Gasteiger partial charge in [-0.2, -0.15) is 0 Å². The largest absolute Gasteiger partial charge is 0.304 e. The van der Waals surface area contributed by atoms with Crippen molar-refractivity contribution in [1.82, 2.24) is 39.9 Å². The first-order valence-corrected chi connectivity index (χ1v) is 43.5. The van der Waals surface area contributed by atoms with Crippen molar-refractivity contribution in [2.24, 2.45) is 0 Å². The zero-order valence-electron chi connectivity index (χ0n) is 76.1. The standard InChI is InChI=1S/C20H18N.C19H16N.C18H14N.C17H11FN.4C12H10N.4Ir/c1-15(2)16-8-10-17(11-9-16)19-12-13-20(21-14-19)18-6-4-3-5-7-18;1-2-15-8-10-16(11-9-15)18-12-13-19(20-14-18)17-6-4-3-5-7-17;1-14-7-9-15(10-8-14)17-11-12-18(19-13-17)16-5-3-2-4-6-16;18-16-9-6-13(7-10-16)15-8-11-17(19-12-15)14-4-2-1-3-5-14;4*1-10-7-8-12(13-9-10)11-5-3-2-4-6-11;;;;/h3-6,8-15H,1-2H3;3-6,8-14H,2H2,1H3;2-5,7-13H,1H3;1-4,6-12H;4*2-5,7-9H,1H3;;;;/q8*-1;;;;. The molecule has 0 fully saturated rings. The van der Waals surface area contributed by atoms with Gasteiger partial charge < -0.3 is 39.9 Å². The van der Waals surface area contributed by atoms with E-state index >= 15 is 0 Å². The molecule has 0 spiro atoms. The summed E-state index contributed by atoms with van der Waals surface area (Å²) in [6, 6.07) is 153. The van der Waals surface area contributed by atoms with Crippen LogP contribution in [0.3, 0.4) is 0 Å². The molecule has 13 heteroatoms. The normalized spacial score (nSPS) is 9.97. The zero-order valence-corrected chi connectivity index (χ0v) is 85.7. The van der Waals surface area contributed by atoms with Crippen LogP contribution in [0.4, 0.5) is 4.39 Å². The topological polar surface area (TPSA) is 103 Å². The second kappa shape index (κ2) is 56.4. The molecule has 0 aliphatic rings. The quantitative estimate of drug-likeness (QED) is 0.0992. The van der Waals surface area contributed by atoms with Gasteiger partial charge in [0.1, 0.15) is 5.82 Å². The molecule has 0 aliphatic carbocycles. The van der Waals surface area contributed by atoms with Crippen molar-refractivity contribution in [1.29, 1.82) is 0 Å². The monoisotopic (exact) mass is 2470 g/mol. The van der Waals surface area contributed by atoms with Gasteiger partial charge in [0.15, 0.2) is 0 Å². The first kappa shape index (κ1) is 105. The summed E-state index contributed by atoms with van der Waals surface area (Å²) in [5.41, 5.74) is 33.6. The Labute approximate surface area is 850 Å². The maximum absolute atomic E-state index is 12.9. The van der Waals surface area contributed by atoms with Gasteiger partial charge in [-0.1, -0.05) is 208 Å². The minimum absolute atomic E-state index is 0. The minimum Gasteiger partial charge on any atom is -0.304 e. The van der Waals surface area contributed by atoms with Crippen LogP contribution in [0.2, 0.25) is 0 Å². The summed E-state index contributed by atoms with van der Waals surface area (Å²) in [7, 11) is 0. The Morgan fingerprint density at radius 1 is 0.207 bits per heavy atom. The number of nitrogens with zero attached hydrogens (tertiary/aromatic N) is 8. The van der Waals surface area contributed by atoms with Crippen LogP contribution in [0.5, 0.6) is 0 Å². The van der Waals surface area contributed by atoms with Gasteiger partial charge in [-0.25, -0.2) is 4.39 Å². The maximum Gasteiger partial charge on any atom is 0.123 e. The molecule has 0 atom stereocenters. The summed E-state index contributed by atoms with van der Waals surface area (Å²) in [4.78, 5) is 35.3. The average Bonchev–Trinajstić information content (AvgIpc) is 0.847. The Hall–Kier alpha value is -13.6. The molecule has 8 nitrogen and oxygen atoms in total. The van der Waals surface area contributed by atoms with Crippen LogP contribution in [-0.4, -0.2) is 39.9 Å². The molecule has 0 saturated carbocycles. The van der Waals surface area contributed by atoms with Gasteiger partial charge in [0.2, 0.25) is 0 Å². The van der Waals surface area contributed by atoms with E-state index in [2.05, 4.69) is 243 Å². The van der Waals surface area contributed by atoms with Crippen molar-refractivity contribution in [2.75, 3.05) is 0 Å². The van der Waals surface area contributed by atoms with Crippen LogP contribution >= 0.6 is 0 Å². The number of hydrogen-bond acceptors (Lipinski definition) is 8. The smallest absolute Gasteiger partial charge is 0.123 e. The fraction of sp³-hybridized carbons (Fsp3) is 0.0820. The molecule has 135 heavy (non-hydrogen) atoms. The van der Waals surface area contributed by atoms with Crippen molar-refractivity contribution in [3.63, 3.8) is 0 Å². The molecular formula is C122H99FIr4N8-8. The Morgan fingerprint density at radius 2 is 0.393 bits per heavy atom. The number of rotatable bonds is 14. The Bertz CT molecular complexity index is 6220. The van der Waals surface area contributed by atoms with E-state index in [1.807, 2.05) is 308 Å². The van der Waals surface area contributed by atoms with E-state index in [1.54, 1.807) is 18.3 Å². The minimum atomic E-state index is -0.229. The fourth-order valence-corrected chi connectivity index (χ4v) is 13.2. The molecule has 8 heterocycles. The van der Waals surface area contributed by atoms with Gasteiger partial charge in [-0.3, -0.25) is 0 Å². The van der Waals surface area contributed by atoms with Crippen molar-refractivity contribution >= 4 is 0 Å². The van der Waals surface area contributed by atoms with E-state index in [0.717, 1.165) is 124 Å². The summed E-state index contributed by atoms with van der Waals surface area (Å²) in [5, 5.41) is 0. The molecule has 8 aromatic heterocycles. The van der Waals surface area contributed by atoms with Crippen molar-refractivity contribution in [3.05, 3.63) is 531 Å². The Kier molecular flexibility index (Phi) is 43.9. The number of aryl methyl sites for hydroxylation is 6. The molecular weight excluding hydrogens is 2370 g/mol. The molecule has 0 bridgehead atoms. The predicted molar refractivity (Wildman–Crippen MR) is 537 cm³/mol. The van der Waals surface area contributed by atoms with Crippen LogP contribution in [0, 0.1) is 89.0 Å². The van der Waals surface area contributed by atoms with E-state index in [9.17, 15) is 4.39 Å². The summed E-state index contributed by atoms with van der Waals surface area (Å²) in [5.74, 6) is 0.334. The van der Waals surface area contributed by atoms with Crippen LogP contribution in [0.15, 0.2) is 438 Å². The van der Waals surface area contributed by atoms with Crippen LogP contribution < -0.4 is 0 Å². The second-order valence-corrected chi connectivity index (χ2v) is 31.0. The van der Waals surface area contributed by atoms with Gasteiger partial charge in [0.05, 0.1) is 0 Å². The second-order valence-electron chi connectivity index (χ2n) is 31.0. The fourth-order valence-electron chi connectivity index (χ4n) is 13.2. The van der Waals surface area contributed by atoms with Crippen LogP contribution in [0.1, 0.15) is 65.6 Å². The van der Waals surface area contributed by atoms with Crippen LogP contribution in [-0.2, 0) is 86.8 Å². The van der Waals surface area contributed by atoms with Crippen molar-refractivity contribution < 1.29 is 84.8 Å². The molecule has 4 radical (unpaired) electrons. The summed E-state index contributed by atoms with van der Waals surface area (Å²) in [6.45, 7) is 16.8. The third-order valence-corrected chi connectivity index (χ3v) is 20.7. The molecule has 678 valence electrons. The summed E-state index contributed by atoms with van der Waals surface area (Å²) >= 11 is 0. The molecule has 0 amide bonds. The van der Waals surface area contributed by atoms with E-state index in [0.29, 0.717) is 5.92 Å². The Balaban J connectivity index is 0.000000174. The maximum atomic E-state index is 12.9. The number of pyridine rings is 8. The van der Waals surface area contributed by atoms with Crippen LogP contribution in [0.25, 0.3) is 135 Å². The number of benzene rings is 12. The SMILES string of the molecule is CC(C)c1ccc(-c2ccc(-c3[c-]cccc3)nc2)cc1.CCc1ccc(-c2ccc(-c3[c-]cccc3)nc2)cc1.Cc1ccc(-c2[c-]cccc2)nc1.Cc1ccc(-c2[c-]cccc2)nc1.Cc1ccc(-c2[c-]cccc2)nc1.Cc1ccc(-c2[c-]cccc2)nc1.Cc1ccc(-c2ccc(-c3[c-]cccc3)nc2)cc1.Fc1ccc(-c2ccc(-c3[c-]cccc3)nc2)cc1.[Ir].[Ir].[Ir].[Ir]. The van der Waals surface area contributed by atoms with E-state index in [1.165, 1.54) is 67.8 Å². The number of hydrogen-bond donors (Lipinski definition) is 0. The molecule has 0 N–H and O–H groups in total. The first-order chi connectivity index (χ1) is 64.2. The molecule has 0 unspecified atom stereocenters. The third-order valence-electron chi connectivity index (χ3n) is 20.7. The van der Waals surface area contributed by atoms with Gasteiger partial charge in [-0.05, 0) is 183 Å². The summed E-state index contributed by atoms with van der Waals surface area (Å²) in [6.07, 6.45) is 16.1. The average molecular weight is 2470 g/mol. The molecule has 0 aliphatic heterocycles.